The van der Waals surface area contributed by atoms with Crippen molar-refractivity contribution in [2.75, 3.05) is 7.11 Å². The monoisotopic (exact) mass is 343 g/mol. The van der Waals surface area contributed by atoms with Gasteiger partial charge in [0.05, 0.1) is 17.1 Å². The van der Waals surface area contributed by atoms with Crippen LogP contribution in [0.3, 0.4) is 0 Å². The van der Waals surface area contributed by atoms with Crippen molar-refractivity contribution in [3.8, 4) is 11.5 Å². The third kappa shape index (κ3) is 3.00. The molecule has 0 spiro atoms. The lowest BCUT2D eigenvalue weighted by Gasteiger charge is -2.10. The van der Waals surface area contributed by atoms with Gasteiger partial charge in [0.15, 0.2) is 0 Å². The van der Waals surface area contributed by atoms with Crippen LogP contribution in [0, 0.1) is 0 Å². The molecule has 1 aromatic heterocycles. The molecule has 0 radical (unpaired) electrons. The van der Waals surface area contributed by atoms with Gasteiger partial charge in [0, 0.05) is 11.6 Å². The summed E-state index contributed by atoms with van der Waals surface area (Å²) in [6.45, 7) is 0.497. The van der Waals surface area contributed by atoms with E-state index >= 15 is 0 Å². The smallest absolute Gasteiger partial charge is 0.133 e. The number of methoxy groups -OCH3 is 1. The molecule has 0 saturated carbocycles. The maximum atomic E-state index is 5.93. The fourth-order valence-electron chi connectivity index (χ4n) is 2.16. The number of fused-ring (bicyclic) bond motifs is 1. The van der Waals surface area contributed by atoms with E-state index in [0.29, 0.717) is 6.61 Å². The summed E-state index contributed by atoms with van der Waals surface area (Å²) in [7, 11) is 1.65. The summed E-state index contributed by atoms with van der Waals surface area (Å²) in [6.07, 6.45) is 1.78. The Morgan fingerprint density at radius 1 is 1.05 bits per heavy atom. The molecule has 3 rings (SSSR count). The van der Waals surface area contributed by atoms with Gasteiger partial charge < -0.3 is 9.47 Å². The predicted octanol–water partition coefficient (Wildman–Crippen LogP) is 4.58. The van der Waals surface area contributed by atoms with Crippen molar-refractivity contribution in [2.24, 2.45) is 0 Å². The summed E-state index contributed by atoms with van der Waals surface area (Å²) in [6, 6.07) is 15.7. The van der Waals surface area contributed by atoms with Crippen LogP contribution < -0.4 is 9.47 Å². The summed E-state index contributed by atoms with van der Waals surface area (Å²) >= 11 is 3.48. The minimum atomic E-state index is 0.497. The van der Waals surface area contributed by atoms with E-state index in [-0.39, 0.29) is 0 Å². The summed E-state index contributed by atoms with van der Waals surface area (Å²) < 4.78 is 12.1. The first-order chi connectivity index (χ1) is 10.3. The molecule has 0 aliphatic rings. The Hall–Kier alpha value is -2.07. The molecule has 0 aliphatic heterocycles. The molecule has 1 heterocycles. The summed E-state index contributed by atoms with van der Waals surface area (Å²) in [4.78, 5) is 4.33. The van der Waals surface area contributed by atoms with Crippen LogP contribution in [-0.2, 0) is 6.61 Å². The fraction of sp³-hybridized carbons (Fsp3) is 0.118. The van der Waals surface area contributed by atoms with Gasteiger partial charge in [0.2, 0.25) is 0 Å². The van der Waals surface area contributed by atoms with Gasteiger partial charge in [-0.25, -0.2) is 0 Å². The molecule has 21 heavy (non-hydrogen) atoms. The zero-order valence-corrected chi connectivity index (χ0v) is 13.1. The van der Waals surface area contributed by atoms with E-state index in [9.17, 15) is 0 Å². The minimum Gasteiger partial charge on any atom is -0.496 e. The van der Waals surface area contributed by atoms with Gasteiger partial charge in [-0.1, -0.05) is 12.1 Å². The largest absolute Gasteiger partial charge is 0.496 e. The van der Waals surface area contributed by atoms with Crippen molar-refractivity contribution in [3.63, 3.8) is 0 Å². The van der Waals surface area contributed by atoms with E-state index in [0.717, 1.165) is 32.4 Å². The standard InChI is InChI=1S/C17H14BrNO2/c1-20-17-8-7-12(10-14(17)18)11-21-16-6-2-5-15-13(16)4-3-9-19-15/h2-10H,11H2,1H3. The molecule has 0 N–H and O–H groups in total. The Morgan fingerprint density at radius 2 is 1.95 bits per heavy atom. The van der Waals surface area contributed by atoms with Gasteiger partial charge in [-0.15, -0.1) is 0 Å². The predicted molar refractivity (Wildman–Crippen MR) is 86.8 cm³/mol. The van der Waals surface area contributed by atoms with Crippen molar-refractivity contribution in [1.29, 1.82) is 0 Å². The molecule has 0 bridgehead atoms. The number of halogens is 1. The van der Waals surface area contributed by atoms with Gasteiger partial charge in [-0.2, -0.15) is 0 Å². The zero-order valence-electron chi connectivity index (χ0n) is 11.5. The van der Waals surface area contributed by atoms with Gasteiger partial charge >= 0.3 is 0 Å². The third-order valence-corrected chi connectivity index (χ3v) is 3.84. The fourth-order valence-corrected chi connectivity index (χ4v) is 2.75. The van der Waals surface area contributed by atoms with Crippen LogP contribution in [0.5, 0.6) is 11.5 Å². The number of hydrogen-bond acceptors (Lipinski definition) is 3. The van der Waals surface area contributed by atoms with Gasteiger partial charge in [-0.3, -0.25) is 4.98 Å². The lowest BCUT2D eigenvalue weighted by molar-refractivity contribution is 0.309. The van der Waals surface area contributed by atoms with Crippen molar-refractivity contribution in [3.05, 3.63) is 64.8 Å². The summed E-state index contributed by atoms with van der Waals surface area (Å²) in [5.74, 6) is 1.65. The SMILES string of the molecule is COc1ccc(COc2cccc3ncccc23)cc1Br. The maximum Gasteiger partial charge on any atom is 0.133 e. The molecule has 3 aromatic rings. The molecule has 3 nitrogen and oxygen atoms in total. The molecule has 0 saturated heterocycles. The highest BCUT2D eigenvalue weighted by Crippen LogP contribution is 2.28. The van der Waals surface area contributed by atoms with E-state index in [4.69, 9.17) is 9.47 Å². The van der Waals surface area contributed by atoms with Crippen LogP contribution in [0.1, 0.15) is 5.56 Å². The number of hydrogen-bond donors (Lipinski definition) is 0. The van der Waals surface area contributed by atoms with E-state index < -0.39 is 0 Å². The molecule has 4 heteroatoms. The van der Waals surface area contributed by atoms with Crippen molar-refractivity contribution in [1.82, 2.24) is 4.98 Å². The molecular weight excluding hydrogens is 330 g/mol. The normalized spacial score (nSPS) is 10.6. The Morgan fingerprint density at radius 3 is 2.76 bits per heavy atom. The number of benzene rings is 2. The number of nitrogens with zero attached hydrogens (tertiary/aromatic N) is 1. The number of rotatable bonds is 4. The van der Waals surface area contributed by atoms with Crippen LogP contribution in [0.4, 0.5) is 0 Å². The first kappa shape index (κ1) is 13.9. The van der Waals surface area contributed by atoms with Crippen molar-refractivity contribution in [2.45, 2.75) is 6.61 Å². The number of ether oxygens (including phenoxy) is 2. The third-order valence-electron chi connectivity index (χ3n) is 3.22. The quantitative estimate of drug-likeness (QED) is 0.694. The van der Waals surface area contributed by atoms with Crippen molar-refractivity contribution < 1.29 is 9.47 Å². The van der Waals surface area contributed by atoms with Gasteiger partial charge in [0.1, 0.15) is 18.1 Å². The molecule has 0 amide bonds. The second kappa shape index (κ2) is 6.14. The van der Waals surface area contributed by atoms with Crippen LogP contribution in [-0.4, -0.2) is 12.1 Å². The number of aromatic nitrogens is 1. The topological polar surface area (TPSA) is 31.4 Å². The van der Waals surface area contributed by atoms with E-state index in [1.807, 2.05) is 48.5 Å². The average Bonchev–Trinajstić information content (AvgIpc) is 2.53. The maximum absolute atomic E-state index is 5.93. The minimum absolute atomic E-state index is 0.497. The van der Waals surface area contributed by atoms with Crippen molar-refractivity contribution >= 4 is 26.8 Å². The Bertz CT molecular complexity index is 768. The van der Waals surface area contributed by atoms with E-state index in [2.05, 4.69) is 20.9 Å². The second-order valence-electron chi connectivity index (χ2n) is 4.58. The molecule has 106 valence electrons. The summed E-state index contributed by atoms with van der Waals surface area (Å²) in [5.41, 5.74) is 2.01. The highest BCUT2D eigenvalue weighted by Gasteiger charge is 2.05. The van der Waals surface area contributed by atoms with Crippen LogP contribution in [0.25, 0.3) is 10.9 Å². The lowest BCUT2D eigenvalue weighted by atomic mass is 10.2. The van der Waals surface area contributed by atoms with E-state index in [1.165, 1.54) is 0 Å². The highest BCUT2D eigenvalue weighted by molar-refractivity contribution is 9.10. The van der Waals surface area contributed by atoms with Crippen LogP contribution in [0.2, 0.25) is 0 Å². The highest BCUT2D eigenvalue weighted by atomic mass is 79.9. The number of pyridine rings is 1. The molecule has 0 unspecified atom stereocenters. The first-order valence-electron chi connectivity index (χ1n) is 6.57. The van der Waals surface area contributed by atoms with E-state index in [1.54, 1.807) is 13.3 Å². The van der Waals surface area contributed by atoms with Crippen LogP contribution in [0.15, 0.2) is 59.2 Å². The first-order valence-corrected chi connectivity index (χ1v) is 7.36. The molecular formula is C17H14BrNO2. The zero-order chi connectivity index (χ0) is 14.7. The van der Waals surface area contributed by atoms with Gasteiger partial charge in [0.25, 0.3) is 0 Å². The molecule has 0 fully saturated rings. The lowest BCUT2D eigenvalue weighted by Crippen LogP contribution is -1.97. The average molecular weight is 344 g/mol. The molecule has 0 aliphatic carbocycles. The summed E-state index contributed by atoms with van der Waals surface area (Å²) in [5, 5.41) is 1.02. The second-order valence-corrected chi connectivity index (χ2v) is 5.44. The Labute approximate surface area is 131 Å². The molecule has 2 aromatic carbocycles. The van der Waals surface area contributed by atoms with Gasteiger partial charge in [-0.05, 0) is 57.9 Å². The Kier molecular flexibility index (Phi) is 4.06. The Balaban J connectivity index is 1.82. The van der Waals surface area contributed by atoms with Crippen LogP contribution >= 0.6 is 15.9 Å². The molecule has 0 atom stereocenters.